The zero-order chi connectivity index (χ0) is 21.1. The normalized spacial score (nSPS) is 47.6. The first-order valence-corrected chi connectivity index (χ1v) is 11.4. The Labute approximate surface area is 173 Å². The van der Waals surface area contributed by atoms with E-state index in [2.05, 4.69) is 20.8 Å². The lowest BCUT2D eigenvalue weighted by atomic mass is 9.46. The van der Waals surface area contributed by atoms with Gasteiger partial charge in [-0.3, -0.25) is 9.59 Å². The van der Waals surface area contributed by atoms with E-state index in [4.69, 9.17) is 5.11 Å². The molecule has 3 N–H and O–H groups in total. The standard InChI is InChI=1S/C24H36O5/c1-13(4-7-22(28)29)16-5-6-17-15-11-20(26)19-10-14(25)8-9-23(19,2)18(15)12-21(27)24(16,17)3/h11,13-14,16-19,21,25,27H,4-10,12H2,1-3H3,(H,28,29)/t13-,14-,16-,17+,18+,19+,21+,23-,24-/m1/s1. The second-order valence-corrected chi connectivity index (χ2v) is 10.8. The summed E-state index contributed by atoms with van der Waals surface area (Å²) < 4.78 is 0. The van der Waals surface area contributed by atoms with Gasteiger partial charge >= 0.3 is 5.97 Å². The van der Waals surface area contributed by atoms with E-state index >= 15 is 0 Å². The van der Waals surface area contributed by atoms with Crippen LogP contribution in [0.2, 0.25) is 0 Å². The number of aliphatic hydroxyl groups excluding tert-OH is 2. The molecule has 162 valence electrons. The van der Waals surface area contributed by atoms with Crippen molar-refractivity contribution >= 4 is 11.8 Å². The molecule has 0 saturated heterocycles. The number of aliphatic hydroxyl groups is 2. The number of rotatable bonds is 4. The molecule has 5 nitrogen and oxygen atoms in total. The van der Waals surface area contributed by atoms with Crippen molar-refractivity contribution in [2.24, 2.45) is 40.4 Å². The Morgan fingerprint density at radius 1 is 1.14 bits per heavy atom. The van der Waals surface area contributed by atoms with Crippen molar-refractivity contribution in [3.8, 4) is 0 Å². The molecule has 4 aliphatic carbocycles. The molecule has 0 amide bonds. The molecule has 4 rings (SSSR count). The zero-order valence-corrected chi connectivity index (χ0v) is 17.9. The number of allylic oxidation sites excluding steroid dienone is 2. The summed E-state index contributed by atoms with van der Waals surface area (Å²) in [5.41, 5.74) is 0.777. The highest BCUT2D eigenvalue weighted by Crippen LogP contribution is 2.66. The average molecular weight is 405 g/mol. The van der Waals surface area contributed by atoms with E-state index in [1.165, 1.54) is 5.57 Å². The van der Waals surface area contributed by atoms with E-state index in [1.54, 1.807) is 0 Å². The van der Waals surface area contributed by atoms with E-state index in [1.807, 2.05) is 6.08 Å². The molecule has 0 aliphatic heterocycles. The maximum atomic E-state index is 13.1. The predicted molar refractivity (Wildman–Crippen MR) is 109 cm³/mol. The number of ketones is 1. The Hall–Kier alpha value is -1.20. The van der Waals surface area contributed by atoms with Gasteiger partial charge in [0, 0.05) is 17.8 Å². The summed E-state index contributed by atoms with van der Waals surface area (Å²) in [7, 11) is 0. The fraction of sp³-hybridized carbons (Fsp3) is 0.833. The molecule has 5 heteroatoms. The molecular weight excluding hydrogens is 368 g/mol. The molecule has 0 bridgehead atoms. The Kier molecular flexibility index (Phi) is 5.22. The quantitative estimate of drug-likeness (QED) is 0.666. The van der Waals surface area contributed by atoms with Crippen molar-refractivity contribution in [3.63, 3.8) is 0 Å². The largest absolute Gasteiger partial charge is 0.481 e. The van der Waals surface area contributed by atoms with Crippen LogP contribution >= 0.6 is 0 Å². The molecule has 0 unspecified atom stereocenters. The number of fused-ring (bicyclic) bond motifs is 5. The number of carbonyl (C=O) groups excluding carboxylic acids is 1. The Balaban J connectivity index is 1.66. The lowest BCUT2D eigenvalue weighted by Crippen LogP contribution is -2.56. The summed E-state index contributed by atoms with van der Waals surface area (Å²) >= 11 is 0. The van der Waals surface area contributed by atoms with Gasteiger partial charge in [-0.15, -0.1) is 0 Å². The Bertz CT molecular complexity index is 729. The summed E-state index contributed by atoms with van der Waals surface area (Å²) in [6, 6.07) is 0. The van der Waals surface area contributed by atoms with E-state index in [-0.39, 0.29) is 52.6 Å². The first-order chi connectivity index (χ1) is 13.6. The van der Waals surface area contributed by atoms with E-state index < -0.39 is 18.2 Å². The minimum Gasteiger partial charge on any atom is -0.481 e. The number of carbonyl (C=O) groups is 2. The SMILES string of the molecule is C[C@H](CCC(=O)O)[C@H]1CC[C@H]2C3=CC(=O)[C@@H]4C[C@H](O)CC[C@]4(C)[C@H]3C[C@H](O)[C@]12C. The third-order valence-electron chi connectivity index (χ3n) is 9.57. The van der Waals surface area contributed by atoms with Crippen molar-refractivity contribution in [1.29, 1.82) is 0 Å². The van der Waals surface area contributed by atoms with Crippen LogP contribution in [0.4, 0.5) is 0 Å². The average Bonchev–Trinajstić information content (AvgIpc) is 3.02. The summed E-state index contributed by atoms with van der Waals surface area (Å²) in [5, 5.41) is 30.6. The molecular formula is C24H36O5. The van der Waals surface area contributed by atoms with Gasteiger partial charge in [-0.25, -0.2) is 0 Å². The molecule has 0 aromatic carbocycles. The molecule has 0 heterocycles. The first kappa shape index (κ1) is 21.0. The van der Waals surface area contributed by atoms with Gasteiger partial charge in [-0.1, -0.05) is 26.3 Å². The predicted octanol–water partition coefficient (Wildman–Crippen LogP) is 3.58. The maximum absolute atomic E-state index is 13.1. The van der Waals surface area contributed by atoms with Gasteiger partial charge in [0.05, 0.1) is 12.2 Å². The number of carboxylic acids is 1. The fourth-order valence-corrected chi connectivity index (χ4v) is 7.82. The zero-order valence-electron chi connectivity index (χ0n) is 17.9. The van der Waals surface area contributed by atoms with Gasteiger partial charge in [-0.05, 0) is 80.1 Å². The van der Waals surface area contributed by atoms with Crippen molar-refractivity contribution in [2.75, 3.05) is 0 Å². The third kappa shape index (κ3) is 3.11. The van der Waals surface area contributed by atoms with Crippen molar-refractivity contribution < 1.29 is 24.9 Å². The summed E-state index contributed by atoms with van der Waals surface area (Å²) in [5.74, 6) is 0.181. The van der Waals surface area contributed by atoms with Crippen LogP contribution in [-0.4, -0.2) is 39.3 Å². The van der Waals surface area contributed by atoms with Crippen LogP contribution in [0.5, 0.6) is 0 Å². The molecule has 0 spiro atoms. The van der Waals surface area contributed by atoms with Gasteiger partial charge in [0.2, 0.25) is 0 Å². The lowest BCUT2D eigenvalue weighted by Gasteiger charge is -2.58. The van der Waals surface area contributed by atoms with Crippen molar-refractivity contribution in [2.45, 2.75) is 84.3 Å². The number of hydrogen-bond acceptors (Lipinski definition) is 4. The van der Waals surface area contributed by atoms with Crippen LogP contribution in [0.3, 0.4) is 0 Å². The van der Waals surface area contributed by atoms with Crippen molar-refractivity contribution in [3.05, 3.63) is 11.6 Å². The first-order valence-electron chi connectivity index (χ1n) is 11.4. The van der Waals surface area contributed by atoms with Crippen LogP contribution in [0.1, 0.15) is 72.1 Å². The van der Waals surface area contributed by atoms with Crippen LogP contribution < -0.4 is 0 Å². The molecule has 0 aromatic rings. The van der Waals surface area contributed by atoms with E-state index in [0.29, 0.717) is 19.3 Å². The van der Waals surface area contributed by atoms with E-state index in [9.17, 15) is 19.8 Å². The molecule has 4 aliphatic rings. The molecule has 29 heavy (non-hydrogen) atoms. The maximum Gasteiger partial charge on any atom is 0.303 e. The highest BCUT2D eigenvalue weighted by Gasteiger charge is 2.62. The van der Waals surface area contributed by atoms with E-state index in [0.717, 1.165) is 25.7 Å². The highest BCUT2D eigenvalue weighted by atomic mass is 16.4. The summed E-state index contributed by atoms with van der Waals surface area (Å²) in [6.07, 6.45) is 6.59. The second kappa shape index (κ2) is 7.19. The summed E-state index contributed by atoms with van der Waals surface area (Å²) in [6.45, 7) is 6.51. The second-order valence-electron chi connectivity index (χ2n) is 10.8. The number of aliphatic carboxylic acids is 1. The van der Waals surface area contributed by atoms with Crippen molar-refractivity contribution in [1.82, 2.24) is 0 Å². The molecule has 9 atom stereocenters. The topological polar surface area (TPSA) is 94.8 Å². The molecule has 0 aromatic heterocycles. The Morgan fingerprint density at radius 3 is 2.55 bits per heavy atom. The molecule has 0 radical (unpaired) electrons. The van der Waals surface area contributed by atoms with Gasteiger partial charge in [-0.2, -0.15) is 0 Å². The Morgan fingerprint density at radius 2 is 1.86 bits per heavy atom. The fourth-order valence-electron chi connectivity index (χ4n) is 7.82. The lowest BCUT2D eigenvalue weighted by molar-refractivity contribution is -0.140. The monoisotopic (exact) mass is 404 g/mol. The molecule has 3 saturated carbocycles. The van der Waals surface area contributed by atoms with Crippen LogP contribution in [-0.2, 0) is 9.59 Å². The van der Waals surface area contributed by atoms with Gasteiger partial charge in [0.15, 0.2) is 5.78 Å². The summed E-state index contributed by atoms with van der Waals surface area (Å²) in [4.78, 5) is 24.1. The minimum absolute atomic E-state index is 0.136. The number of carboxylic acid groups (broad SMARTS) is 1. The minimum atomic E-state index is -0.764. The highest BCUT2D eigenvalue weighted by molar-refractivity contribution is 5.94. The van der Waals surface area contributed by atoms with Crippen LogP contribution in [0.25, 0.3) is 0 Å². The molecule has 3 fully saturated rings. The van der Waals surface area contributed by atoms with Gasteiger partial charge in [0.1, 0.15) is 0 Å². The van der Waals surface area contributed by atoms with Gasteiger partial charge < -0.3 is 15.3 Å². The van der Waals surface area contributed by atoms with Gasteiger partial charge in [0.25, 0.3) is 0 Å². The van der Waals surface area contributed by atoms with Crippen LogP contribution in [0, 0.1) is 40.4 Å². The van der Waals surface area contributed by atoms with Crippen LogP contribution in [0.15, 0.2) is 11.6 Å². The number of hydrogen-bond donors (Lipinski definition) is 3. The smallest absolute Gasteiger partial charge is 0.303 e. The third-order valence-corrected chi connectivity index (χ3v) is 9.57.